The second-order valence-corrected chi connectivity index (χ2v) is 5.32. The van der Waals surface area contributed by atoms with Crippen LogP contribution in [0.2, 0.25) is 0 Å². The molecule has 1 aromatic rings. The molecule has 1 aromatic carbocycles. The van der Waals surface area contributed by atoms with Crippen LogP contribution in [0, 0.1) is 5.92 Å². The summed E-state index contributed by atoms with van der Waals surface area (Å²) >= 11 is 0. The third-order valence-electron chi connectivity index (χ3n) is 3.39. The Morgan fingerprint density at radius 1 is 1.29 bits per heavy atom. The second-order valence-electron chi connectivity index (χ2n) is 5.32. The van der Waals surface area contributed by atoms with Crippen molar-refractivity contribution in [2.75, 3.05) is 34.4 Å². The van der Waals surface area contributed by atoms with E-state index in [1.807, 2.05) is 50.1 Å². The molecule has 6 nitrogen and oxygen atoms in total. The van der Waals surface area contributed by atoms with Crippen LogP contribution in [0.1, 0.15) is 19.4 Å². The molecule has 1 unspecified atom stereocenters. The summed E-state index contributed by atoms with van der Waals surface area (Å²) in [6.07, 6.45) is 0. The first-order valence-corrected chi connectivity index (χ1v) is 7.72. The number of methoxy groups -OCH3 is 2. The molecule has 24 heavy (non-hydrogen) atoms. The third kappa shape index (κ3) is 7.37. The number of carbonyl (C=O) groups excluding carboxylic acids is 1. The summed E-state index contributed by atoms with van der Waals surface area (Å²) < 4.78 is 9.89. The lowest BCUT2D eigenvalue weighted by Crippen LogP contribution is -2.39. The molecule has 0 bridgehead atoms. The van der Waals surface area contributed by atoms with E-state index in [1.54, 1.807) is 7.11 Å². The summed E-state index contributed by atoms with van der Waals surface area (Å²) in [4.78, 5) is 18.0. The van der Waals surface area contributed by atoms with Gasteiger partial charge in [-0.3, -0.25) is 9.79 Å². The monoisotopic (exact) mass is 449 g/mol. The zero-order chi connectivity index (χ0) is 17.2. The Morgan fingerprint density at radius 2 is 1.92 bits per heavy atom. The zero-order valence-corrected chi connectivity index (χ0v) is 17.4. The van der Waals surface area contributed by atoms with Gasteiger partial charge in [-0.1, -0.05) is 19.1 Å². The molecule has 1 rings (SSSR count). The Hall–Kier alpha value is -1.51. The topological polar surface area (TPSA) is 63.2 Å². The predicted molar refractivity (Wildman–Crippen MR) is 107 cm³/mol. The highest BCUT2D eigenvalue weighted by Crippen LogP contribution is 2.12. The Morgan fingerprint density at radius 3 is 2.42 bits per heavy atom. The lowest BCUT2D eigenvalue weighted by Gasteiger charge is -2.22. The average Bonchev–Trinajstić information content (AvgIpc) is 2.58. The van der Waals surface area contributed by atoms with Gasteiger partial charge in [0.25, 0.3) is 0 Å². The first-order chi connectivity index (χ1) is 11.0. The maximum absolute atomic E-state index is 11.5. The molecule has 1 atom stereocenters. The maximum Gasteiger partial charge on any atom is 0.310 e. The molecular formula is C17H28IN3O3. The third-order valence-corrected chi connectivity index (χ3v) is 3.39. The van der Waals surface area contributed by atoms with Gasteiger partial charge in [0, 0.05) is 20.1 Å². The van der Waals surface area contributed by atoms with Crippen molar-refractivity contribution in [1.29, 1.82) is 0 Å². The van der Waals surface area contributed by atoms with Gasteiger partial charge in [-0.15, -0.1) is 24.0 Å². The van der Waals surface area contributed by atoms with Crippen LogP contribution >= 0.6 is 24.0 Å². The van der Waals surface area contributed by atoms with E-state index in [4.69, 9.17) is 9.47 Å². The molecule has 0 aromatic heterocycles. The largest absolute Gasteiger partial charge is 0.497 e. The van der Waals surface area contributed by atoms with Crippen molar-refractivity contribution in [2.45, 2.75) is 20.4 Å². The minimum atomic E-state index is -0.261. The molecule has 0 heterocycles. The maximum atomic E-state index is 11.5. The Bertz CT molecular complexity index is 520. The number of hydrogen-bond donors (Lipinski definition) is 1. The minimum absolute atomic E-state index is 0. The smallest absolute Gasteiger partial charge is 0.310 e. The molecule has 0 radical (unpaired) electrons. The van der Waals surface area contributed by atoms with Crippen molar-refractivity contribution in [3.8, 4) is 5.75 Å². The van der Waals surface area contributed by atoms with Crippen molar-refractivity contribution < 1.29 is 14.3 Å². The number of aliphatic imine (C=N–C) groups is 1. The summed E-state index contributed by atoms with van der Waals surface area (Å²) in [5.74, 6) is 1.09. The number of guanidine groups is 1. The van der Waals surface area contributed by atoms with Crippen LogP contribution in [0.3, 0.4) is 0 Å². The number of hydrogen-bond acceptors (Lipinski definition) is 4. The zero-order valence-electron chi connectivity index (χ0n) is 15.0. The van der Waals surface area contributed by atoms with Crippen LogP contribution in [-0.4, -0.2) is 51.2 Å². The molecule has 7 heteroatoms. The van der Waals surface area contributed by atoms with Gasteiger partial charge in [0.1, 0.15) is 5.75 Å². The van der Waals surface area contributed by atoms with E-state index in [-0.39, 0.29) is 35.9 Å². The van der Waals surface area contributed by atoms with Gasteiger partial charge >= 0.3 is 5.97 Å². The number of halogens is 1. The number of rotatable bonds is 7. The van der Waals surface area contributed by atoms with E-state index in [1.165, 1.54) is 7.11 Å². The summed E-state index contributed by atoms with van der Waals surface area (Å²) in [7, 11) is 5.01. The molecule has 0 fully saturated rings. The van der Waals surface area contributed by atoms with E-state index < -0.39 is 0 Å². The number of nitrogens with zero attached hydrogens (tertiary/aromatic N) is 2. The number of ether oxygens (including phenoxy) is 2. The highest BCUT2D eigenvalue weighted by molar-refractivity contribution is 14.0. The summed E-state index contributed by atoms with van der Waals surface area (Å²) in [5.41, 5.74) is 1.15. The number of esters is 1. The predicted octanol–water partition coefficient (Wildman–Crippen LogP) is 2.52. The Kier molecular flexibility index (Phi) is 11.2. The lowest BCUT2D eigenvalue weighted by molar-refractivity contribution is -0.144. The molecule has 0 aliphatic rings. The quantitative estimate of drug-likeness (QED) is 0.300. The lowest BCUT2D eigenvalue weighted by atomic mass is 10.2. The van der Waals surface area contributed by atoms with Crippen molar-refractivity contribution in [2.24, 2.45) is 10.9 Å². The van der Waals surface area contributed by atoms with E-state index in [0.29, 0.717) is 13.1 Å². The SMILES string of the molecule is CCNC(=NCC(C)C(=O)OC)N(C)Cc1ccc(OC)cc1.I. The molecule has 0 saturated carbocycles. The molecule has 1 N–H and O–H groups in total. The van der Waals surface area contributed by atoms with E-state index >= 15 is 0 Å². The Balaban J connectivity index is 0.00000529. The van der Waals surface area contributed by atoms with Gasteiger partial charge < -0.3 is 19.7 Å². The first-order valence-electron chi connectivity index (χ1n) is 7.72. The van der Waals surface area contributed by atoms with Gasteiger partial charge in [0.2, 0.25) is 0 Å². The molecule has 0 aliphatic heterocycles. The second kappa shape index (κ2) is 11.9. The van der Waals surface area contributed by atoms with Crippen LogP contribution < -0.4 is 10.1 Å². The fraction of sp³-hybridized carbons (Fsp3) is 0.529. The van der Waals surface area contributed by atoms with Crippen molar-refractivity contribution in [3.05, 3.63) is 29.8 Å². The van der Waals surface area contributed by atoms with Crippen molar-refractivity contribution in [1.82, 2.24) is 10.2 Å². The summed E-state index contributed by atoms with van der Waals surface area (Å²) in [5, 5.41) is 3.24. The number of carbonyl (C=O) groups is 1. The normalized spacial score (nSPS) is 12.0. The van der Waals surface area contributed by atoms with Gasteiger partial charge in [-0.25, -0.2) is 0 Å². The molecule has 0 aliphatic carbocycles. The van der Waals surface area contributed by atoms with E-state index in [9.17, 15) is 4.79 Å². The standard InChI is InChI=1S/C17H27N3O3.HI/c1-6-18-17(19-11-13(2)16(21)23-5)20(3)12-14-7-9-15(22-4)10-8-14;/h7-10,13H,6,11-12H2,1-5H3,(H,18,19);1H. The van der Waals surface area contributed by atoms with E-state index in [2.05, 4.69) is 10.3 Å². The minimum Gasteiger partial charge on any atom is -0.497 e. The molecular weight excluding hydrogens is 421 g/mol. The van der Waals surface area contributed by atoms with Crippen LogP contribution in [0.25, 0.3) is 0 Å². The van der Waals surface area contributed by atoms with Crippen LogP contribution in [0.5, 0.6) is 5.75 Å². The van der Waals surface area contributed by atoms with Crippen molar-refractivity contribution >= 4 is 35.9 Å². The number of nitrogens with one attached hydrogen (secondary N) is 1. The van der Waals surface area contributed by atoms with Crippen LogP contribution in [0.15, 0.2) is 29.3 Å². The van der Waals surface area contributed by atoms with E-state index in [0.717, 1.165) is 23.8 Å². The van der Waals surface area contributed by atoms with Gasteiger partial charge in [0.15, 0.2) is 5.96 Å². The fourth-order valence-electron chi connectivity index (χ4n) is 2.05. The van der Waals surface area contributed by atoms with Gasteiger partial charge in [-0.2, -0.15) is 0 Å². The average molecular weight is 449 g/mol. The fourth-order valence-corrected chi connectivity index (χ4v) is 2.05. The molecule has 0 saturated heterocycles. The van der Waals surface area contributed by atoms with Crippen LogP contribution in [0.4, 0.5) is 0 Å². The highest BCUT2D eigenvalue weighted by Gasteiger charge is 2.14. The summed E-state index contributed by atoms with van der Waals surface area (Å²) in [6.45, 7) is 5.69. The summed E-state index contributed by atoms with van der Waals surface area (Å²) in [6, 6.07) is 7.92. The van der Waals surface area contributed by atoms with Crippen LogP contribution in [-0.2, 0) is 16.1 Å². The molecule has 0 spiro atoms. The molecule has 0 amide bonds. The van der Waals surface area contributed by atoms with Crippen molar-refractivity contribution in [3.63, 3.8) is 0 Å². The van der Waals surface area contributed by atoms with Gasteiger partial charge in [0.05, 0.1) is 26.7 Å². The number of benzene rings is 1. The first kappa shape index (κ1) is 22.5. The molecule has 136 valence electrons. The highest BCUT2D eigenvalue weighted by atomic mass is 127. The Labute approximate surface area is 161 Å². The van der Waals surface area contributed by atoms with Gasteiger partial charge in [-0.05, 0) is 24.6 Å².